The van der Waals surface area contributed by atoms with Crippen molar-refractivity contribution < 1.29 is 14.3 Å². The van der Waals surface area contributed by atoms with Gasteiger partial charge >= 0.3 is 0 Å². The Morgan fingerprint density at radius 1 is 1.22 bits per heavy atom. The van der Waals surface area contributed by atoms with Crippen LogP contribution in [0.4, 0.5) is 5.69 Å². The lowest BCUT2D eigenvalue weighted by atomic mass is 10.1. The molecule has 2 aliphatic rings. The summed E-state index contributed by atoms with van der Waals surface area (Å²) < 4.78 is 5.76. The third-order valence-electron chi connectivity index (χ3n) is 4.60. The lowest BCUT2D eigenvalue weighted by molar-refractivity contribution is -0.132. The molecular weight excluding hydrogens is 292 g/mol. The van der Waals surface area contributed by atoms with E-state index in [1.165, 1.54) is 6.42 Å². The highest BCUT2D eigenvalue weighted by atomic mass is 16.5. The zero-order chi connectivity index (χ0) is 16.2. The summed E-state index contributed by atoms with van der Waals surface area (Å²) >= 11 is 0. The molecule has 0 aliphatic carbocycles. The number of hydrogen-bond acceptors (Lipinski definition) is 3. The van der Waals surface area contributed by atoms with E-state index in [0.717, 1.165) is 37.4 Å². The van der Waals surface area contributed by atoms with E-state index in [1.54, 1.807) is 4.90 Å². The first-order valence-corrected chi connectivity index (χ1v) is 8.55. The molecule has 0 N–H and O–H groups in total. The summed E-state index contributed by atoms with van der Waals surface area (Å²) in [6.07, 6.45) is 3.93. The molecule has 1 aromatic carbocycles. The number of ether oxygens (including phenoxy) is 1. The van der Waals surface area contributed by atoms with Crippen LogP contribution in [-0.4, -0.2) is 42.5 Å². The van der Waals surface area contributed by atoms with E-state index in [1.807, 2.05) is 36.1 Å². The molecule has 0 radical (unpaired) electrons. The third kappa shape index (κ3) is 3.33. The van der Waals surface area contributed by atoms with Gasteiger partial charge in [-0.3, -0.25) is 9.59 Å². The Labute approximate surface area is 137 Å². The summed E-state index contributed by atoms with van der Waals surface area (Å²) in [5.74, 6) is 0.830. The van der Waals surface area contributed by atoms with Gasteiger partial charge in [-0.1, -0.05) is 19.1 Å². The molecule has 3 rings (SSSR count). The molecule has 0 aromatic heterocycles. The first kappa shape index (κ1) is 15.8. The molecule has 5 heteroatoms. The van der Waals surface area contributed by atoms with Gasteiger partial charge < -0.3 is 14.5 Å². The number of anilines is 1. The van der Waals surface area contributed by atoms with Gasteiger partial charge in [-0.05, 0) is 37.8 Å². The number of amides is 2. The highest BCUT2D eigenvalue weighted by molar-refractivity contribution is 6.00. The number of benzene rings is 1. The number of piperidine rings is 1. The summed E-state index contributed by atoms with van der Waals surface area (Å²) in [6, 6.07) is 7.55. The Balaban J connectivity index is 1.70. The smallest absolute Gasteiger partial charge is 0.268 e. The summed E-state index contributed by atoms with van der Waals surface area (Å²) in [7, 11) is 0. The van der Waals surface area contributed by atoms with E-state index in [-0.39, 0.29) is 11.8 Å². The molecule has 124 valence electrons. The zero-order valence-electron chi connectivity index (χ0n) is 13.7. The number of para-hydroxylation sites is 2. The van der Waals surface area contributed by atoms with E-state index >= 15 is 0 Å². The highest BCUT2D eigenvalue weighted by Crippen LogP contribution is 2.34. The molecule has 2 amide bonds. The van der Waals surface area contributed by atoms with Crippen molar-refractivity contribution >= 4 is 17.5 Å². The molecule has 2 heterocycles. The lowest BCUT2D eigenvalue weighted by Crippen LogP contribution is -2.47. The first-order valence-electron chi connectivity index (χ1n) is 8.55. The minimum Gasteiger partial charge on any atom is -0.478 e. The van der Waals surface area contributed by atoms with Crippen molar-refractivity contribution in [3.05, 3.63) is 24.3 Å². The fourth-order valence-electron chi connectivity index (χ4n) is 3.27. The summed E-state index contributed by atoms with van der Waals surface area (Å²) in [4.78, 5) is 28.6. The molecular formula is C18H24N2O3. The first-order chi connectivity index (χ1) is 11.2. The predicted molar refractivity (Wildman–Crippen MR) is 88.6 cm³/mol. The van der Waals surface area contributed by atoms with Crippen molar-refractivity contribution in [3.63, 3.8) is 0 Å². The van der Waals surface area contributed by atoms with Crippen LogP contribution in [0.25, 0.3) is 0 Å². The Hall–Kier alpha value is -2.04. The highest BCUT2D eigenvalue weighted by Gasteiger charge is 2.33. The van der Waals surface area contributed by atoms with Crippen molar-refractivity contribution in [2.24, 2.45) is 0 Å². The van der Waals surface area contributed by atoms with E-state index < -0.39 is 6.10 Å². The molecule has 1 atom stereocenters. The van der Waals surface area contributed by atoms with E-state index in [2.05, 4.69) is 0 Å². The second-order valence-corrected chi connectivity index (χ2v) is 6.16. The standard InChI is InChI=1S/C18H24N2O3/c1-2-15-18(22)20(14-8-4-5-9-16(14)23-15)13-10-17(21)19-11-6-3-7-12-19/h4-5,8-9,15H,2-3,6-7,10-13H2,1H3. The Morgan fingerprint density at radius 2 is 1.96 bits per heavy atom. The topological polar surface area (TPSA) is 49.9 Å². The van der Waals surface area contributed by atoms with Crippen molar-refractivity contribution in [1.29, 1.82) is 0 Å². The number of rotatable bonds is 4. The minimum absolute atomic E-state index is 0.0438. The largest absolute Gasteiger partial charge is 0.478 e. The van der Waals surface area contributed by atoms with Gasteiger partial charge in [0.25, 0.3) is 5.91 Å². The van der Waals surface area contributed by atoms with Crippen molar-refractivity contribution in [2.45, 2.75) is 45.1 Å². The maximum absolute atomic E-state index is 12.6. The average Bonchev–Trinajstić information content (AvgIpc) is 2.61. The quantitative estimate of drug-likeness (QED) is 0.858. The molecule has 1 fully saturated rings. The molecule has 0 spiro atoms. The van der Waals surface area contributed by atoms with Crippen LogP contribution in [0.1, 0.15) is 39.0 Å². The molecule has 23 heavy (non-hydrogen) atoms. The molecule has 1 aromatic rings. The van der Waals surface area contributed by atoms with Crippen molar-refractivity contribution in [2.75, 3.05) is 24.5 Å². The predicted octanol–water partition coefficient (Wildman–Crippen LogP) is 2.59. The summed E-state index contributed by atoms with van der Waals surface area (Å²) in [6.45, 7) is 4.06. The molecule has 1 saturated heterocycles. The van der Waals surface area contributed by atoms with Crippen LogP contribution >= 0.6 is 0 Å². The second-order valence-electron chi connectivity index (χ2n) is 6.16. The Kier molecular flexibility index (Phi) is 4.84. The van der Waals surface area contributed by atoms with E-state index in [9.17, 15) is 9.59 Å². The number of nitrogens with zero attached hydrogens (tertiary/aromatic N) is 2. The van der Waals surface area contributed by atoms with Crippen LogP contribution in [0, 0.1) is 0 Å². The van der Waals surface area contributed by atoms with Gasteiger partial charge in [0.05, 0.1) is 5.69 Å². The SMILES string of the molecule is CCC1Oc2ccccc2N(CCC(=O)N2CCCCC2)C1=O. The summed E-state index contributed by atoms with van der Waals surface area (Å²) in [5, 5.41) is 0. The molecule has 0 saturated carbocycles. The van der Waals surface area contributed by atoms with Crippen LogP contribution in [0.15, 0.2) is 24.3 Å². The van der Waals surface area contributed by atoms with Gasteiger partial charge in [-0.15, -0.1) is 0 Å². The maximum Gasteiger partial charge on any atom is 0.268 e. The van der Waals surface area contributed by atoms with E-state index in [0.29, 0.717) is 19.4 Å². The van der Waals surface area contributed by atoms with E-state index in [4.69, 9.17) is 4.74 Å². The fourth-order valence-corrected chi connectivity index (χ4v) is 3.27. The number of fused-ring (bicyclic) bond motifs is 1. The number of carbonyl (C=O) groups is 2. The molecule has 1 unspecified atom stereocenters. The zero-order valence-corrected chi connectivity index (χ0v) is 13.7. The second kappa shape index (κ2) is 7.02. The average molecular weight is 316 g/mol. The van der Waals surface area contributed by atoms with Crippen LogP contribution < -0.4 is 9.64 Å². The number of carbonyl (C=O) groups excluding carboxylic acids is 2. The van der Waals surface area contributed by atoms with Crippen LogP contribution in [-0.2, 0) is 9.59 Å². The van der Waals surface area contributed by atoms with Gasteiger partial charge in [-0.2, -0.15) is 0 Å². The normalized spacial score (nSPS) is 20.9. The Bertz CT molecular complexity index is 581. The fraction of sp³-hybridized carbons (Fsp3) is 0.556. The van der Waals surface area contributed by atoms with Crippen LogP contribution in [0.3, 0.4) is 0 Å². The summed E-state index contributed by atoms with van der Waals surface area (Å²) in [5.41, 5.74) is 0.772. The number of hydrogen-bond donors (Lipinski definition) is 0. The van der Waals surface area contributed by atoms with Gasteiger partial charge in [0.2, 0.25) is 5.91 Å². The lowest BCUT2D eigenvalue weighted by Gasteiger charge is -2.34. The minimum atomic E-state index is -0.449. The Morgan fingerprint density at radius 3 is 2.70 bits per heavy atom. The van der Waals surface area contributed by atoms with Crippen molar-refractivity contribution in [3.8, 4) is 5.75 Å². The molecule has 2 aliphatic heterocycles. The van der Waals surface area contributed by atoms with Crippen LogP contribution in [0.2, 0.25) is 0 Å². The monoisotopic (exact) mass is 316 g/mol. The molecule has 5 nitrogen and oxygen atoms in total. The third-order valence-corrected chi connectivity index (χ3v) is 4.60. The molecule has 0 bridgehead atoms. The van der Waals surface area contributed by atoms with Gasteiger partial charge in [-0.25, -0.2) is 0 Å². The van der Waals surface area contributed by atoms with Gasteiger partial charge in [0, 0.05) is 26.1 Å². The van der Waals surface area contributed by atoms with Crippen LogP contribution in [0.5, 0.6) is 5.75 Å². The maximum atomic E-state index is 12.6. The van der Waals surface area contributed by atoms with Gasteiger partial charge in [0.15, 0.2) is 6.10 Å². The van der Waals surface area contributed by atoms with Gasteiger partial charge in [0.1, 0.15) is 5.75 Å². The van der Waals surface area contributed by atoms with Crippen molar-refractivity contribution in [1.82, 2.24) is 4.90 Å². The number of likely N-dealkylation sites (tertiary alicyclic amines) is 1.